The maximum Gasteiger partial charge on any atom is 0.345 e. The van der Waals surface area contributed by atoms with Crippen LogP contribution in [0.4, 0.5) is 15.8 Å². The van der Waals surface area contributed by atoms with Crippen molar-refractivity contribution in [3.8, 4) is 28.3 Å². The molecular formula is C32H35FN4O7. The van der Waals surface area contributed by atoms with Crippen LogP contribution in [0.3, 0.4) is 0 Å². The van der Waals surface area contributed by atoms with Gasteiger partial charge in [0, 0.05) is 56.3 Å². The highest BCUT2D eigenvalue weighted by molar-refractivity contribution is 5.92. The lowest BCUT2D eigenvalue weighted by Gasteiger charge is -2.19. The second kappa shape index (κ2) is 13.7. The van der Waals surface area contributed by atoms with E-state index in [0.29, 0.717) is 17.8 Å². The van der Waals surface area contributed by atoms with E-state index >= 15 is 0 Å². The number of pyridine rings is 2. The van der Waals surface area contributed by atoms with Crippen LogP contribution in [0.15, 0.2) is 58.1 Å². The molecule has 0 radical (unpaired) electrons. The first-order valence-corrected chi connectivity index (χ1v) is 13.7. The second-order valence-corrected chi connectivity index (χ2v) is 10.2. The lowest BCUT2D eigenvalue weighted by molar-refractivity contribution is 0.0682. The Morgan fingerprint density at radius 1 is 0.795 bits per heavy atom. The molecule has 0 fully saturated rings. The van der Waals surface area contributed by atoms with Crippen LogP contribution in [0, 0.1) is 5.82 Å². The molecule has 44 heavy (non-hydrogen) atoms. The zero-order chi connectivity index (χ0) is 32.9. The van der Waals surface area contributed by atoms with Gasteiger partial charge in [0.2, 0.25) is 0 Å². The molecule has 4 rings (SSSR count). The summed E-state index contributed by atoms with van der Waals surface area (Å²) in [4.78, 5) is 54.8. The summed E-state index contributed by atoms with van der Waals surface area (Å²) >= 11 is 0. The molecule has 0 spiro atoms. The molecule has 2 aromatic carbocycles. The van der Waals surface area contributed by atoms with E-state index in [2.05, 4.69) is 9.97 Å². The van der Waals surface area contributed by atoms with Gasteiger partial charge in [0.15, 0.2) is 5.56 Å². The molecule has 0 aliphatic heterocycles. The molecule has 232 valence electrons. The number of aryl methyl sites for hydroxylation is 1. The molecular weight excluding hydrogens is 571 g/mol. The summed E-state index contributed by atoms with van der Waals surface area (Å²) in [6, 6.07) is 13.6. The number of hydrogen-bond acceptors (Lipinski definition) is 7. The van der Waals surface area contributed by atoms with Gasteiger partial charge in [-0.1, -0.05) is 32.0 Å². The highest BCUT2D eigenvalue weighted by atomic mass is 19.1. The number of rotatable bonds is 8. The van der Waals surface area contributed by atoms with Crippen LogP contribution in [0.1, 0.15) is 45.7 Å². The SMILES string of the molecule is CCc1c(-c2ccc(N(C)C)cc2F)[nH]c(=O)c(C(=O)O)c1O.CCc1cc(C(=O)O)c(=O)[nH]c1-c1ccccc1N(C)C. The van der Waals surface area contributed by atoms with Gasteiger partial charge in [-0.05, 0) is 48.7 Å². The van der Waals surface area contributed by atoms with Gasteiger partial charge in [0.1, 0.15) is 17.1 Å². The Morgan fingerprint density at radius 3 is 1.95 bits per heavy atom. The van der Waals surface area contributed by atoms with Crippen molar-refractivity contribution in [1.29, 1.82) is 0 Å². The number of aromatic amines is 2. The van der Waals surface area contributed by atoms with Crippen molar-refractivity contribution in [2.45, 2.75) is 26.7 Å². The third-order valence-electron chi connectivity index (χ3n) is 6.99. The fraction of sp³-hybridized carbons (Fsp3) is 0.250. The highest BCUT2D eigenvalue weighted by Crippen LogP contribution is 2.33. The summed E-state index contributed by atoms with van der Waals surface area (Å²) in [6.07, 6.45) is 0.862. The van der Waals surface area contributed by atoms with Crippen LogP contribution >= 0.6 is 0 Å². The molecule has 0 saturated heterocycles. The number of carboxylic acid groups (broad SMARTS) is 2. The van der Waals surface area contributed by atoms with Crippen LogP contribution in [0.2, 0.25) is 0 Å². The number of halogens is 1. The van der Waals surface area contributed by atoms with Crippen LogP contribution in [0.25, 0.3) is 22.5 Å². The van der Waals surface area contributed by atoms with E-state index in [4.69, 9.17) is 10.2 Å². The smallest absolute Gasteiger partial charge is 0.345 e. The molecule has 12 heteroatoms. The monoisotopic (exact) mass is 606 g/mol. The molecule has 0 unspecified atom stereocenters. The van der Waals surface area contributed by atoms with Gasteiger partial charge >= 0.3 is 11.9 Å². The van der Waals surface area contributed by atoms with Crippen molar-refractivity contribution in [3.05, 3.63) is 97.3 Å². The number of carbonyl (C=O) groups is 2. The topological polar surface area (TPSA) is 167 Å². The first-order valence-electron chi connectivity index (χ1n) is 13.7. The number of para-hydroxylation sites is 1. The van der Waals surface area contributed by atoms with Gasteiger partial charge < -0.3 is 35.1 Å². The number of hydrogen-bond donors (Lipinski definition) is 5. The summed E-state index contributed by atoms with van der Waals surface area (Å²) < 4.78 is 14.4. The first-order chi connectivity index (χ1) is 20.7. The van der Waals surface area contributed by atoms with Crippen molar-refractivity contribution in [2.24, 2.45) is 0 Å². The highest BCUT2D eigenvalue weighted by Gasteiger charge is 2.23. The molecule has 11 nitrogen and oxygen atoms in total. The van der Waals surface area contributed by atoms with Crippen molar-refractivity contribution in [2.75, 3.05) is 38.0 Å². The molecule has 0 bridgehead atoms. The summed E-state index contributed by atoms with van der Waals surface area (Å²) in [7, 11) is 7.38. The number of H-pyrrole nitrogens is 2. The molecule has 2 heterocycles. The van der Waals surface area contributed by atoms with E-state index in [-0.39, 0.29) is 28.8 Å². The number of carboxylic acids is 2. The average molecular weight is 607 g/mol. The van der Waals surface area contributed by atoms with E-state index < -0.39 is 40.2 Å². The lowest BCUT2D eigenvalue weighted by atomic mass is 10.00. The molecule has 0 aliphatic rings. The predicted octanol–water partition coefficient (Wildman–Crippen LogP) is 4.58. The Balaban J connectivity index is 0.000000241. The minimum atomic E-state index is -1.53. The zero-order valence-electron chi connectivity index (χ0n) is 25.3. The van der Waals surface area contributed by atoms with E-state index in [1.165, 1.54) is 18.2 Å². The quantitative estimate of drug-likeness (QED) is 0.193. The standard InChI is InChI=1S/C16H17FN2O4.C16H18N2O3/c1-4-9-13(18-15(21)12(14(9)20)16(22)23)10-6-5-8(19(2)3)7-11(10)17;1-4-10-9-12(16(20)21)15(19)17-14(10)11-7-5-6-8-13(11)18(2)3/h5-7H,4H2,1-3H3,(H,22,23)(H2,18,20,21);5-9H,4H2,1-3H3,(H,17,19)(H,20,21). The summed E-state index contributed by atoms with van der Waals surface area (Å²) in [5, 5.41) is 28.2. The maximum absolute atomic E-state index is 14.4. The van der Waals surface area contributed by atoms with Crippen molar-refractivity contribution in [1.82, 2.24) is 9.97 Å². The molecule has 0 saturated carbocycles. The fourth-order valence-electron chi connectivity index (χ4n) is 4.71. The number of anilines is 2. The molecule has 5 N–H and O–H groups in total. The molecule has 0 amide bonds. The van der Waals surface area contributed by atoms with E-state index in [1.807, 2.05) is 50.2 Å². The Hall–Kier alpha value is -5.39. The number of aromatic nitrogens is 2. The van der Waals surface area contributed by atoms with Gasteiger partial charge in [0.05, 0.1) is 11.4 Å². The van der Waals surface area contributed by atoms with E-state index in [0.717, 1.165) is 16.8 Å². The summed E-state index contributed by atoms with van der Waals surface area (Å²) in [6.45, 7) is 3.61. The lowest BCUT2D eigenvalue weighted by Crippen LogP contribution is -2.20. The van der Waals surface area contributed by atoms with E-state index in [1.54, 1.807) is 32.0 Å². The fourth-order valence-corrected chi connectivity index (χ4v) is 4.71. The molecule has 2 aromatic heterocycles. The summed E-state index contributed by atoms with van der Waals surface area (Å²) in [5.74, 6) is -3.95. The van der Waals surface area contributed by atoms with Crippen molar-refractivity contribution < 1.29 is 29.3 Å². The normalized spacial score (nSPS) is 10.5. The summed E-state index contributed by atoms with van der Waals surface area (Å²) in [5.41, 5.74) is 1.81. The largest absolute Gasteiger partial charge is 0.506 e. The second-order valence-electron chi connectivity index (χ2n) is 10.2. The molecule has 0 aliphatic carbocycles. The van der Waals surface area contributed by atoms with E-state index in [9.17, 15) is 28.7 Å². The van der Waals surface area contributed by atoms with Crippen molar-refractivity contribution >= 4 is 23.3 Å². The number of nitrogens with zero attached hydrogens (tertiary/aromatic N) is 2. The van der Waals surface area contributed by atoms with Crippen molar-refractivity contribution in [3.63, 3.8) is 0 Å². The van der Waals surface area contributed by atoms with Crippen LogP contribution in [0.5, 0.6) is 5.75 Å². The average Bonchev–Trinajstić information content (AvgIpc) is 2.96. The van der Waals surface area contributed by atoms with Gasteiger partial charge in [-0.15, -0.1) is 0 Å². The number of aromatic hydroxyl groups is 1. The Bertz CT molecular complexity index is 1830. The van der Waals surface area contributed by atoms with Gasteiger partial charge in [-0.2, -0.15) is 0 Å². The molecule has 0 atom stereocenters. The van der Waals surface area contributed by atoms with Crippen LogP contribution in [-0.4, -0.2) is 65.4 Å². The third kappa shape index (κ3) is 6.80. The Kier molecular flexibility index (Phi) is 10.3. The van der Waals surface area contributed by atoms with Crippen LogP contribution < -0.4 is 20.9 Å². The first kappa shape index (κ1) is 33.1. The molecule has 4 aromatic rings. The minimum absolute atomic E-state index is 0.0859. The Morgan fingerprint density at radius 2 is 1.43 bits per heavy atom. The van der Waals surface area contributed by atoms with Gasteiger partial charge in [-0.25, -0.2) is 14.0 Å². The van der Waals surface area contributed by atoms with Gasteiger partial charge in [0.25, 0.3) is 11.1 Å². The number of aromatic carboxylic acids is 2. The maximum atomic E-state index is 14.4. The van der Waals surface area contributed by atoms with Gasteiger partial charge in [-0.3, -0.25) is 9.59 Å². The predicted molar refractivity (Wildman–Crippen MR) is 168 cm³/mol. The third-order valence-corrected chi connectivity index (χ3v) is 6.99. The Labute approximate surface area is 252 Å². The number of nitrogens with one attached hydrogen (secondary N) is 2. The minimum Gasteiger partial charge on any atom is -0.506 e. The number of benzene rings is 2. The zero-order valence-corrected chi connectivity index (χ0v) is 25.3. The van der Waals surface area contributed by atoms with Crippen LogP contribution in [-0.2, 0) is 12.8 Å².